The Balaban J connectivity index is 2.54. The first-order chi connectivity index (χ1) is 10.3. The first kappa shape index (κ1) is 16.3. The highest BCUT2D eigenvalue weighted by Crippen LogP contribution is 2.28. The molecule has 0 unspecified atom stereocenters. The molecule has 114 valence electrons. The molecule has 0 heterocycles. The molecule has 0 saturated heterocycles. The van der Waals surface area contributed by atoms with E-state index < -0.39 is 24.0 Å². The molecule has 7 heteroatoms. The van der Waals surface area contributed by atoms with Gasteiger partial charge in [0.1, 0.15) is 5.82 Å². The number of hydrogen-bond donors (Lipinski definition) is 2. The first-order valence-electron chi connectivity index (χ1n) is 6.09. The molecule has 0 aliphatic heterocycles. The number of hydrogen-bond acceptors (Lipinski definition) is 3. The molecule has 4 nitrogen and oxygen atoms in total. The summed E-state index contributed by atoms with van der Waals surface area (Å²) < 4.78 is 13.6. The fraction of sp³-hybridized carbons (Fsp3) is 0.0667. The Bertz CT molecular complexity index is 778. The summed E-state index contributed by atoms with van der Waals surface area (Å²) in [5.74, 6) is -2.54. The molecule has 0 aromatic heterocycles. The van der Waals surface area contributed by atoms with Crippen LogP contribution in [0.4, 0.5) is 10.1 Å². The van der Waals surface area contributed by atoms with Crippen molar-refractivity contribution in [2.75, 3.05) is 5.73 Å². The Kier molecular flexibility index (Phi) is 4.68. The fourth-order valence-corrected chi connectivity index (χ4v) is 2.48. The summed E-state index contributed by atoms with van der Waals surface area (Å²) in [5, 5.41) is 9.25. The normalized spacial score (nSPS) is 10.5. The van der Waals surface area contributed by atoms with Gasteiger partial charge in [0, 0.05) is 21.8 Å². The molecule has 3 N–H and O–H groups in total. The van der Waals surface area contributed by atoms with E-state index in [-0.39, 0.29) is 27.4 Å². The third-order valence-corrected chi connectivity index (χ3v) is 3.54. The van der Waals surface area contributed by atoms with E-state index in [1.54, 1.807) is 0 Å². The third kappa shape index (κ3) is 3.37. The minimum absolute atomic E-state index is 0.0286. The maximum Gasteiger partial charge on any atom is 0.307 e. The molecule has 22 heavy (non-hydrogen) atoms. The van der Waals surface area contributed by atoms with Crippen LogP contribution < -0.4 is 5.73 Å². The number of halogens is 3. The highest BCUT2D eigenvalue weighted by Gasteiger charge is 2.20. The molecule has 2 aromatic carbocycles. The Morgan fingerprint density at radius 3 is 2.41 bits per heavy atom. The average Bonchev–Trinajstić information content (AvgIpc) is 2.41. The Morgan fingerprint density at radius 1 is 1.14 bits per heavy atom. The van der Waals surface area contributed by atoms with Gasteiger partial charge in [-0.2, -0.15) is 0 Å². The van der Waals surface area contributed by atoms with Crippen LogP contribution >= 0.6 is 23.2 Å². The van der Waals surface area contributed by atoms with Gasteiger partial charge in [0.25, 0.3) is 0 Å². The van der Waals surface area contributed by atoms with Gasteiger partial charge in [0.15, 0.2) is 5.78 Å². The van der Waals surface area contributed by atoms with Crippen molar-refractivity contribution in [1.82, 2.24) is 0 Å². The second-order valence-electron chi connectivity index (χ2n) is 4.55. The molecular weight excluding hydrogens is 332 g/mol. The lowest BCUT2D eigenvalue weighted by Crippen LogP contribution is -2.11. The standard InChI is InChI=1S/C15H10Cl2FNO3/c16-8-1-2-10(12(17)5-8)15(22)11-6-9(18)3-7(14(11)19)4-13(20)21/h1-3,5-6H,4,19H2,(H,20,21). The van der Waals surface area contributed by atoms with E-state index in [1.807, 2.05) is 0 Å². The molecule has 2 rings (SSSR count). The van der Waals surface area contributed by atoms with E-state index in [0.29, 0.717) is 5.02 Å². The number of carboxylic acid groups (broad SMARTS) is 1. The largest absolute Gasteiger partial charge is 0.481 e. The van der Waals surface area contributed by atoms with Crippen molar-refractivity contribution in [2.45, 2.75) is 6.42 Å². The Morgan fingerprint density at radius 2 is 1.82 bits per heavy atom. The number of nitrogen functional groups attached to an aromatic ring is 1. The highest BCUT2D eigenvalue weighted by atomic mass is 35.5. The predicted molar refractivity (Wildman–Crippen MR) is 82.0 cm³/mol. The molecule has 0 spiro atoms. The number of aliphatic carboxylic acids is 1. The maximum absolute atomic E-state index is 13.6. The molecule has 2 aromatic rings. The summed E-state index contributed by atoms with van der Waals surface area (Å²) in [4.78, 5) is 23.2. The summed E-state index contributed by atoms with van der Waals surface area (Å²) in [6.45, 7) is 0. The van der Waals surface area contributed by atoms with Crippen LogP contribution in [0.5, 0.6) is 0 Å². The molecule has 0 atom stereocenters. The topological polar surface area (TPSA) is 80.4 Å². The number of ketones is 1. The van der Waals surface area contributed by atoms with E-state index in [4.69, 9.17) is 34.0 Å². The molecule has 0 aliphatic rings. The third-order valence-electron chi connectivity index (χ3n) is 2.99. The van der Waals surface area contributed by atoms with Gasteiger partial charge in [0.2, 0.25) is 0 Å². The molecular formula is C15H10Cl2FNO3. The van der Waals surface area contributed by atoms with E-state index in [0.717, 1.165) is 12.1 Å². The lowest BCUT2D eigenvalue weighted by molar-refractivity contribution is -0.136. The van der Waals surface area contributed by atoms with Gasteiger partial charge >= 0.3 is 5.97 Å². The van der Waals surface area contributed by atoms with Gasteiger partial charge in [-0.3, -0.25) is 9.59 Å². The van der Waals surface area contributed by atoms with Gasteiger partial charge in [-0.1, -0.05) is 23.2 Å². The van der Waals surface area contributed by atoms with Gasteiger partial charge < -0.3 is 10.8 Å². The van der Waals surface area contributed by atoms with Crippen LogP contribution in [0.25, 0.3) is 0 Å². The van der Waals surface area contributed by atoms with Crippen molar-refractivity contribution >= 4 is 40.6 Å². The SMILES string of the molecule is Nc1c(CC(=O)O)cc(F)cc1C(=O)c1ccc(Cl)cc1Cl. The van der Waals surface area contributed by atoms with E-state index in [1.165, 1.54) is 18.2 Å². The molecule has 0 fully saturated rings. The number of carbonyl (C=O) groups is 2. The van der Waals surface area contributed by atoms with Crippen molar-refractivity contribution in [3.05, 3.63) is 62.9 Å². The Labute approximate surface area is 135 Å². The molecule has 0 aliphatic carbocycles. The van der Waals surface area contributed by atoms with Crippen LogP contribution in [-0.2, 0) is 11.2 Å². The fourth-order valence-electron chi connectivity index (χ4n) is 1.99. The summed E-state index contributed by atoms with van der Waals surface area (Å²) in [7, 11) is 0. The van der Waals surface area contributed by atoms with Crippen LogP contribution in [0.1, 0.15) is 21.5 Å². The van der Waals surface area contributed by atoms with Crippen molar-refractivity contribution in [3.63, 3.8) is 0 Å². The van der Waals surface area contributed by atoms with Crippen LogP contribution in [0.15, 0.2) is 30.3 Å². The summed E-state index contributed by atoms with van der Waals surface area (Å²) >= 11 is 11.7. The van der Waals surface area contributed by atoms with Gasteiger partial charge in [-0.05, 0) is 35.9 Å². The zero-order valence-corrected chi connectivity index (χ0v) is 12.6. The highest BCUT2D eigenvalue weighted by molar-refractivity contribution is 6.37. The number of rotatable bonds is 4. The summed E-state index contributed by atoms with van der Waals surface area (Å²) in [6, 6.07) is 6.18. The van der Waals surface area contributed by atoms with Gasteiger partial charge in [-0.15, -0.1) is 0 Å². The quantitative estimate of drug-likeness (QED) is 0.657. The van der Waals surface area contributed by atoms with Crippen molar-refractivity contribution in [2.24, 2.45) is 0 Å². The zero-order valence-electron chi connectivity index (χ0n) is 11.1. The number of nitrogens with two attached hydrogens (primary N) is 1. The lowest BCUT2D eigenvalue weighted by Gasteiger charge is -2.11. The first-order valence-corrected chi connectivity index (χ1v) is 6.84. The number of carboxylic acids is 1. The molecule has 0 radical (unpaired) electrons. The number of carbonyl (C=O) groups excluding carboxylic acids is 1. The van der Waals surface area contributed by atoms with Crippen LogP contribution in [0.3, 0.4) is 0 Å². The zero-order chi connectivity index (χ0) is 16.4. The molecule has 0 saturated carbocycles. The van der Waals surface area contributed by atoms with E-state index >= 15 is 0 Å². The van der Waals surface area contributed by atoms with Crippen LogP contribution in [-0.4, -0.2) is 16.9 Å². The minimum atomic E-state index is -1.18. The Hall–Kier alpha value is -2.11. The molecule has 0 amide bonds. The van der Waals surface area contributed by atoms with E-state index in [9.17, 15) is 14.0 Å². The minimum Gasteiger partial charge on any atom is -0.481 e. The maximum atomic E-state index is 13.6. The van der Waals surface area contributed by atoms with Crippen molar-refractivity contribution < 1.29 is 19.1 Å². The van der Waals surface area contributed by atoms with Gasteiger partial charge in [0.05, 0.1) is 11.4 Å². The lowest BCUT2D eigenvalue weighted by atomic mass is 9.97. The predicted octanol–water partition coefficient (Wildman–Crippen LogP) is 3.57. The average molecular weight is 342 g/mol. The second-order valence-corrected chi connectivity index (χ2v) is 5.39. The van der Waals surface area contributed by atoms with Crippen LogP contribution in [0, 0.1) is 5.82 Å². The number of anilines is 1. The summed E-state index contributed by atoms with van der Waals surface area (Å²) in [5.41, 5.74) is 5.71. The number of benzene rings is 2. The van der Waals surface area contributed by atoms with Gasteiger partial charge in [-0.25, -0.2) is 4.39 Å². The van der Waals surface area contributed by atoms with E-state index in [2.05, 4.69) is 0 Å². The molecule has 0 bridgehead atoms. The second kappa shape index (κ2) is 6.34. The smallest absolute Gasteiger partial charge is 0.307 e. The van der Waals surface area contributed by atoms with Crippen molar-refractivity contribution in [3.8, 4) is 0 Å². The monoisotopic (exact) mass is 341 g/mol. The van der Waals surface area contributed by atoms with Crippen LogP contribution in [0.2, 0.25) is 10.0 Å². The van der Waals surface area contributed by atoms with Crippen molar-refractivity contribution in [1.29, 1.82) is 0 Å². The summed E-state index contributed by atoms with van der Waals surface area (Å²) in [6.07, 6.45) is -0.488.